The molecule has 5 nitrogen and oxygen atoms in total. The highest BCUT2D eigenvalue weighted by Crippen LogP contribution is 2.23. The third kappa shape index (κ3) is 4.91. The summed E-state index contributed by atoms with van der Waals surface area (Å²) in [5.74, 6) is 0.166. The minimum Gasteiger partial charge on any atom is -0.451 e. The van der Waals surface area contributed by atoms with E-state index in [2.05, 4.69) is 10.2 Å². The molecule has 6 heteroatoms. The van der Waals surface area contributed by atoms with Crippen molar-refractivity contribution >= 4 is 5.91 Å². The van der Waals surface area contributed by atoms with Crippen LogP contribution in [0.5, 0.6) is 0 Å². The van der Waals surface area contributed by atoms with Crippen molar-refractivity contribution in [2.45, 2.75) is 6.04 Å². The molecule has 150 valence electrons. The number of furan rings is 1. The van der Waals surface area contributed by atoms with Gasteiger partial charge in [0.1, 0.15) is 11.6 Å². The summed E-state index contributed by atoms with van der Waals surface area (Å²) in [4.78, 5) is 15.1. The van der Waals surface area contributed by atoms with Gasteiger partial charge < -0.3 is 14.5 Å². The van der Waals surface area contributed by atoms with E-state index in [1.165, 1.54) is 12.1 Å². The number of nitrogens with one attached hydrogen (secondary N) is 1. The molecule has 0 radical (unpaired) electrons. The number of morpholine rings is 1. The molecule has 0 bridgehead atoms. The maximum atomic E-state index is 13.1. The SMILES string of the molecule is O=C(N[C@@H](CN1CCOCC1)c1ccccc1)c1ccc(-c2ccc(F)cc2)o1. The molecule has 1 atom stereocenters. The van der Waals surface area contributed by atoms with Crippen LogP contribution in [0.25, 0.3) is 11.3 Å². The van der Waals surface area contributed by atoms with Crippen LogP contribution in [0.2, 0.25) is 0 Å². The molecule has 0 unspecified atom stereocenters. The van der Waals surface area contributed by atoms with Crippen molar-refractivity contribution < 1.29 is 18.3 Å². The maximum absolute atomic E-state index is 13.1. The van der Waals surface area contributed by atoms with Gasteiger partial charge in [-0.3, -0.25) is 9.69 Å². The van der Waals surface area contributed by atoms with Crippen LogP contribution >= 0.6 is 0 Å². The third-order valence-corrected chi connectivity index (χ3v) is 5.01. The molecule has 1 aliphatic rings. The second kappa shape index (κ2) is 9.03. The molecule has 0 spiro atoms. The monoisotopic (exact) mass is 394 g/mol. The Morgan fingerprint density at radius 3 is 2.45 bits per heavy atom. The normalized spacial score (nSPS) is 15.8. The number of hydrogen-bond acceptors (Lipinski definition) is 4. The number of benzene rings is 2. The molecule has 1 aromatic heterocycles. The first kappa shape index (κ1) is 19.4. The number of rotatable bonds is 6. The van der Waals surface area contributed by atoms with E-state index in [0.29, 0.717) is 25.5 Å². The molecule has 1 amide bonds. The zero-order valence-electron chi connectivity index (χ0n) is 16.0. The van der Waals surface area contributed by atoms with Gasteiger partial charge in [-0.05, 0) is 42.0 Å². The second-order valence-electron chi connectivity index (χ2n) is 7.02. The van der Waals surface area contributed by atoms with Crippen LogP contribution in [0.1, 0.15) is 22.2 Å². The van der Waals surface area contributed by atoms with Gasteiger partial charge in [-0.2, -0.15) is 0 Å². The van der Waals surface area contributed by atoms with Crippen LogP contribution in [-0.4, -0.2) is 43.7 Å². The smallest absolute Gasteiger partial charge is 0.287 e. The highest BCUT2D eigenvalue weighted by atomic mass is 19.1. The fourth-order valence-electron chi connectivity index (χ4n) is 3.42. The number of ether oxygens (including phenoxy) is 1. The Hall–Kier alpha value is -2.96. The summed E-state index contributed by atoms with van der Waals surface area (Å²) >= 11 is 0. The fraction of sp³-hybridized carbons (Fsp3) is 0.261. The van der Waals surface area contributed by atoms with Gasteiger partial charge in [-0.1, -0.05) is 30.3 Å². The Balaban J connectivity index is 1.49. The van der Waals surface area contributed by atoms with E-state index in [1.807, 2.05) is 30.3 Å². The van der Waals surface area contributed by atoms with Gasteiger partial charge in [0, 0.05) is 25.2 Å². The van der Waals surface area contributed by atoms with Gasteiger partial charge >= 0.3 is 0 Å². The number of carbonyl (C=O) groups is 1. The third-order valence-electron chi connectivity index (χ3n) is 5.01. The molecule has 2 aromatic carbocycles. The average molecular weight is 394 g/mol. The van der Waals surface area contributed by atoms with Gasteiger partial charge in [0.2, 0.25) is 0 Å². The predicted octanol–water partition coefficient (Wildman–Crippen LogP) is 3.89. The maximum Gasteiger partial charge on any atom is 0.287 e. The van der Waals surface area contributed by atoms with Crippen molar-refractivity contribution in [3.8, 4) is 11.3 Å². The molecule has 0 aliphatic carbocycles. The molecule has 3 aromatic rings. The molecule has 29 heavy (non-hydrogen) atoms. The lowest BCUT2D eigenvalue weighted by Gasteiger charge is -2.31. The van der Waals surface area contributed by atoms with Crippen LogP contribution in [-0.2, 0) is 4.74 Å². The number of hydrogen-bond donors (Lipinski definition) is 1. The lowest BCUT2D eigenvalue weighted by molar-refractivity contribution is 0.0331. The highest BCUT2D eigenvalue weighted by molar-refractivity contribution is 5.92. The van der Waals surface area contributed by atoms with Crippen LogP contribution in [0.15, 0.2) is 71.1 Å². The minimum atomic E-state index is -0.313. The van der Waals surface area contributed by atoms with Gasteiger partial charge in [0.25, 0.3) is 5.91 Å². The Kier molecular flexibility index (Phi) is 6.03. The van der Waals surface area contributed by atoms with Gasteiger partial charge in [-0.15, -0.1) is 0 Å². The molecule has 1 fully saturated rings. The molecule has 2 heterocycles. The topological polar surface area (TPSA) is 54.7 Å². The summed E-state index contributed by atoms with van der Waals surface area (Å²) < 4.78 is 24.3. The predicted molar refractivity (Wildman–Crippen MR) is 108 cm³/mol. The van der Waals surface area contributed by atoms with E-state index in [-0.39, 0.29) is 23.5 Å². The summed E-state index contributed by atoms with van der Waals surface area (Å²) in [6.45, 7) is 3.79. The van der Waals surface area contributed by atoms with Gasteiger partial charge in [0.05, 0.1) is 19.3 Å². The van der Waals surface area contributed by atoms with E-state index in [4.69, 9.17) is 9.15 Å². The van der Waals surface area contributed by atoms with Crippen molar-refractivity contribution in [1.29, 1.82) is 0 Å². The molecule has 1 saturated heterocycles. The summed E-state index contributed by atoms with van der Waals surface area (Å²) in [6, 6.07) is 19.1. The first-order chi connectivity index (χ1) is 14.2. The van der Waals surface area contributed by atoms with Crippen molar-refractivity contribution in [2.24, 2.45) is 0 Å². The van der Waals surface area contributed by atoms with Gasteiger partial charge in [0.15, 0.2) is 5.76 Å². The first-order valence-corrected chi connectivity index (χ1v) is 9.71. The minimum absolute atomic E-state index is 0.166. The summed E-state index contributed by atoms with van der Waals surface area (Å²) in [5, 5.41) is 3.10. The van der Waals surface area contributed by atoms with Gasteiger partial charge in [-0.25, -0.2) is 4.39 Å². The van der Waals surface area contributed by atoms with E-state index in [1.54, 1.807) is 24.3 Å². The highest BCUT2D eigenvalue weighted by Gasteiger charge is 2.22. The van der Waals surface area contributed by atoms with Crippen LogP contribution in [0.3, 0.4) is 0 Å². The summed E-state index contributed by atoms with van der Waals surface area (Å²) in [7, 11) is 0. The van der Waals surface area contributed by atoms with E-state index >= 15 is 0 Å². The molecular weight excluding hydrogens is 371 g/mol. The average Bonchev–Trinajstić information content (AvgIpc) is 3.26. The van der Waals surface area contributed by atoms with Crippen molar-refractivity contribution in [2.75, 3.05) is 32.8 Å². The molecule has 1 N–H and O–H groups in total. The Bertz CT molecular complexity index is 934. The van der Waals surface area contributed by atoms with E-state index in [0.717, 1.165) is 24.2 Å². The van der Waals surface area contributed by atoms with Crippen molar-refractivity contribution in [3.05, 3.63) is 83.9 Å². The molecule has 1 aliphatic heterocycles. The quantitative estimate of drug-likeness (QED) is 0.689. The number of nitrogens with zero attached hydrogens (tertiary/aromatic N) is 1. The standard InChI is InChI=1S/C23H23FN2O3/c24-19-8-6-18(7-9-19)21-10-11-22(29-21)23(27)25-20(17-4-2-1-3-5-17)16-26-12-14-28-15-13-26/h1-11,20H,12-16H2,(H,25,27)/t20-/m0/s1. The zero-order chi connectivity index (χ0) is 20.1. The molecular formula is C23H23FN2O3. The van der Waals surface area contributed by atoms with Crippen molar-refractivity contribution in [1.82, 2.24) is 10.2 Å². The Labute approximate surface area is 169 Å². The first-order valence-electron chi connectivity index (χ1n) is 9.71. The number of carbonyl (C=O) groups excluding carboxylic acids is 1. The largest absolute Gasteiger partial charge is 0.451 e. The zero-order valence-corrected chi connectivity index (χ0v) is 16.0. The van der Waals surface area contributed by atoms with Crippen molar-refractivity contribution in [3.63, 3.8) is 0 Å². The Morgan fingerprint density at radius 2 is 1.72 bits per heavy atom. The molecule has 4 rings (SSSR count). The lowest BCUT2D eigenvalue weighted by atomic mass is 10.1. The van der Waals surface area contributed by atoms with E-state index in [9.17, 15) is 9.18 Å². The summed E-state index contributed by atoms with van der Waals surface area (Å²) in [6.07, 6.45) is 0. The summed E-state index contributed by atoms with van der Waals surface area (Å²) in [5.41, 5.74) is 1.76. The molecule has 0 saturated carbocycles. The van der Waals surface area contributed by atoms with Crippen LogP contribution in [0, 0.1) is 5.82 Å². The second-order valence-corrected chi connectivity index (χ2v) is 7.02. The number of halogens is 1. The van der Waals surface area contributed by atoms with Crippen LogP contribution in [0.4, 0.5) is 4.39 Å². The van der Waals surface area contributed by atoms with E-state index < -0.39 is 0 Å². The lowest BCUT2D eigenvalue weighted by Crippen LogP contribution is -2.43. The Morgan fingerprint density at radius 1 is 1.00 bits per heavy atom. The van der Waals surface area contributed by atoms with Crippen LogP contribution < -0.4 is 5.32 Å². The fourth-order valence-corrected chi connectivity index (χ4v) is 3.42. The number of amides is 1.